The zero-order valence-corrected chi connectivity index (χ0v) is 14.2. The quantitative estimate of drug-likeness (QED) is 0.777. The minimum atomic E-state index is -0.285. The van der Waals surface area contributed by atoms with Gasteiger partial charge in [0.2, 0.25) is 0 Å². The molecule has 1 unspecified atom stereocenters. The number of carbonyl (C=O) groups is 1. The van der Waals surface area contributed by atoms with E-state index in [0.717, 1.165) is 16.7 Å². The van der Waals surface area contributed by atoms with Crippen molar-refractivity contribution < 1.29 is 14.6 Å². The molecule has 0 amide bonds. The molecule has 1 N–H and O–H groups in total. The molecule has 0 saturated carbocycles. The first-order valence-corrected chi connectivity index (χ1v) is 8.17. The van der Waals surface area contributed by atoms with Gasteiger partial charge in [-0.15, -0.1) is 0 Å². The largest absolute Gasteiger partial charge is 0.469 e. The summed E-state index contributed by atoms with van der Waals surface area (Å²) in [5.41, 5.74) is 4.26. The molecule has 0 fully saturated rings. The third kappa shape index (κ3) is 4.56. The van der Waals surface area contributed by atoms with Gasteiger partial charge in [0, 0.05) is 12.5 Å². The van der Waals surface area contributed by atoms with Crippen LogP contribution < -0.4 is 0 Å². The number of rotatable bonds is 7. The Hall–Kier alpha value is -2.39. The van der Waals surface area contributed by atoms with E-state index in [0.29, 0.717) is 6.42 Å². The first kappa shape index (κ1) is 18.0. The third-order valence-corrected chi connectivity index (χ3v) is 4.20. The molecule has 2 aromatic carbocycles. The zero-order valence-electron chi connectivity index (χ0n) is 14.2. The number of hydrogen-bond donors (Lipinski definition) is 1. The second kappa shape index (κ2) is 9.04. The minimum Gasteiger partial charge on any atom is -0.469 e. The van der Waals surface area contributed by atoms with Crippen molar-refractivity contribution in [2.75, 3.05) is 13.7 Å². The van der Waals surface area contributed by atoms with Gasteiger partial charge in [0.1, 0.15) is 0 Å². The fraction of sp³-hybridized carbons (Fsp3) is 0.286. The number of aliphatic hydroxyl groups is 1. The standard InChI is InChI=1S/C21H24O3/c1-16(17-9-5-3-6-10-17)21(18-11-7-4-8-12-18)19(13-14-22)15-20(23)24-2/h3-12,16,22H,13-15H2,1-2H3. The molecule has 0 aliphatic carbocycles. The normalized spacial score (nSPS) is 13.1. The van der Waals surface area contributed by atoms with Crippen LogP contribution in [0.5, 0.6) is 0 Å². The summed E-state index contributed by atoms with van der Waals surface area (Å²) in [6.07, 6.45) is 0.648. The Morgan fingerprint density at radius 1 is 1.04 bits per heavy atom. The lowest BCUT2D eigenvalue weighted by Gasteiger charge is -2.22. The fourth-order valence-corrected chi connectivity index (χ4v) is 2.99. The van der Waals surface area contributed by atoms with Crippen LogP contribution in [0.15, 0.2) is 66.2 Å². The summed E-state index contributed by atoms with van der Waals surface area (Å²) in [5.74, 6) is -0.174. The molecule has 2 aromatic rings. The van der Waals surface area contributed by atoms with Gasteiger partial charge in [0.15, 0.2) is 0 Å². The highest BCUT2D eigenvalue weighted by Gasteiger charge is 2.19. The van der Waals surface area contributed by atoms with Crippen molar-refractivity contribution in [2.24, 2.45) is 0 Å². The molecule has 0 aromatic heterocycles. The van der Waals surface area contributed by atoms with Crippen molar-refractivity contribution in [2.45, 2.75) is 25.7 Å². The molecule has 0 aliphatic rings. The number of hydrogen-bond acceptors (Lipinski definition) is 3. The maximum Gasteiger partial charge on any atom is 0.309 e. The maximum atomic E-state index is 11.9. The van der Waals surface area contributed by atoms with Crippen molar-refractivity contribution >= 4 is 11.5 Å². The third-order valence-electron chi connectivity index (χ3n) is 4.20. The first-order valence-electron chi connectivity index (χ1n) is 8.17. The van der Waals surface area contributed by atoms with Crippen LogP contribution in [0.25, 0.3) is 5.57 Å². The Morgan fingerprint density at radius 3 is 2.17 bits per heavy atom. The van der Waals surface area contributed by atoms with E-state index in [4.69, 9.17) is 4.74 Å². The van der Waals surface area contributed by atoms with Gasteiger partial charge in [0.25, 0.3) is 0 Å². The molecular weight excluding hydrogens is 300 g/mol. The topological polar surface area (TPSA) is 46.5 Å². The average molecular weight is 324 g/mol. The molecule has 0 heterocycles. The van der Waals surface area contributed by atoms with E-state index in [9.17, 15) is 9.90 Å². The van der Waals surface area contributed by atoms with Crippen LogP contribution in [0, 0.1) is 0 Å². The van der Waals surface area contributed by atoms with Gasteiger partial charge in [-0.2, -0.15) is 0 Å². The second-order valence-electron chi connectivity index (χ2n) is 5.74. The lowest BCUT2D eigenvalue weighted by Crippen LogP contribution is -2.09. The number of esters is 1. The Kier molecular flexibility index (Phi) is 6.76. The van der Waals surface area contributed by atoms with Crippen molar-refractivity contribution in [1.29, 1.82) is 0 Å². The van der Waals surface area contributed by atoms with E-state index in [1.165, 1.54) is 12.7 Å². The lowest BCUT2D eigenvalue weighted by molar-refractivity contribution is -0.139. The first-order chi connectivity index (χ1) is 11.7. The van der Waals surface area contributed by atoms with Gasteiger partial charge in [-0.3, -0.25) is 4.79 Å². The van der Waals surface area contributed by atoms with E-state index < -0.39 is 0 Å². The van der Waals surface area contributed by atoms with E-state index in [1.54, 1.807) is 0 Å². The predicted molar refractivity (Wildman–Crippen MR) is 96.6 cm³/mol. The Bertz CT molecular complexity index is 675. The number of methoxy groups -OCH3 is 1. The summed E-state index contributed by atoms with van der Waals surface area (Å²) in [5, 5.41) is 9.48. The van der Waals surface area contributed by atoms with Crippen molar-refractivity contribution in [3.63, 3.8) is 0 Å². The Labute approximate surface area is 143 Å². The Balaban J connectivity index is 2.55. The Morgan fingerprint density at radius 2 is 1.62 bits per heavy atom. The van der Waals surface area contributed by atoms with E-state index in [1.807, 2.05) is 48.5 Å². The molecule has 1 atom stereocenters. The van der Waals surface area contributed by atoms with Gasteiger partial charge in [-0.25, -0.2) is 0 Å². The van der Waals surface area contributed by atoms with Gasteiger partial charge < -0.3 is 9.84 Å². The van der Waals surface area contributed by atoms with Crippen LogP contribution in [0.2, 0.25) is 0 Å². The van der Waals surface area contributed by atoms with Crippen LogP contribution in [0.1, 0.15) is 36.8 Å². The molecule has 3 heteroatoms. The van der Waals surface area contributed by atoms with Crippen LogP contribution in [-0.2, 0) is 9.53 Å². The summed E-state index contributed by atoms with van der Waals surface area (Å²) in [6, 6.07) is 20.2. The van der Waals surface area contributed by atoms with E-state index >= 15 is 0 Å². The van der Waals surface area contributed by atoms with Crippen LogP contribution in [0.4, 0.5) is 0 Å². The number of allylic oxidation sites excluding steroid dienone is 1. The molecule has 2 rings (SSSR count). The summed E-state index contributed by atoms with van der Waals surface area (Å²) in [6.45, 7) is 2.14. The van der Waals surface area contributed by atoms with Crippen molar-refractivity contribution in [1.82, 2.24) is 0 Å². The predicted octanol–water partition coefficient (Wildman–Crippen LogP) is 4.19. The second-order valence-corrected chi connectivity index (χ2v) is 5.74. The molecule has 24 heavy (non-hydrogen) atoms. The van der Waals surface area contributed by atoms with Gasteiger partial charge in [0.05, 0.1) is 13.5 Å². The van der Waals surface area contributed by atoms with Gasteiger partial charge >= 0.3 is 5.97 Å². The van der Waals surface area contributed by atoms with Crippen LogP contribution >= 0.6 is 0 Å². The van der Waals surface area contributed by atoms with E-state index in [2.05, 4.69) is 19.1 Å². The number of carbonyl (C=O) groups excluding carboxylic acids is 1. The minimum absolute atomic E-state index is 0.00414. The number of aliphatic hydroxyl groups excluding tert-OH is 1. The van der Waals surface area contributed by atoms with Gasteiger partial charge in [-0.1, -0.05) is 73.2 Å². The van der Waals surface area contributed by atoms with E-state index in [-0.39, 0.29) is 24.9 Å². The summed E-state index contributed by atoms with van der Waals surface area (Å²) in [7, 11) is 1.39. The van der Waals surface area contributed by atoms with Crippen LogP contribution in [-0.4, -0.2) is 24.8 Å². The molecular formula is C21H24O3. The number of benzene rings is 2. The molecule has 0 radical (unpaired) electrons. The fourth-order valence-electron chi connectivity index (χ4n) is 2.99. The molecule has 0 aliphatic heterocycles. The molecule has 126 valence electrons. The lowest BCUT2D eigenvalue weighted by atomic mass is 9.83. The average Bonchev–Trinajstić information content (AvgIpc) is 2.63. The molecule has 0 bridgehead atoms. The maximum absolute atomic E-state index is 11.9. The smallest absolute Gasteiger partial charge is 0.309 e. The molecule has 3 nitrogen and oxygen atoms in total. The highest BCUT2D eigenvalue weighted by molar-refractivity contribution is 5.81. The van der Waals surface area contributed by atoms with Crippen LogP contribution in [0.3, 0.4) is 0 Å². The highest BCUT2D eigenvalue weighted by Crippen LogP contribution is 2.36. The highest BCUT2D eigenvalue weighted by atomic mass is 16.5. The SMILES string of the molecule is COC(=O)CC(CCO)=C(c1ccccc1)C(C)c1ccccc1. The van der Waals surface area contributed by atoms with Gasteiger partial charge in [-0.05, 0) is 23.1 Å². The zero-order chi connectivity index (χ0) is 17.4. The van der Waals surface area contributed by atoms with Crippen molar-refractivity contribution in [3.8, 4) is 0 Å². The molecule has 0 spiro atoms. The number of ether oxygens (including phenoxy) is 1. The molecule has 0 saturated heterocycles. The summed E-state index contributed by atoms with van der Waals surface area (Å²) in [4.78, 5) is 11.9. The summed E-state index contributed by atoms with van der Waals surface area (Å²) < 4.78 is 4.84. The van der Waals surface area contributed by atoms with Crippen molar-refractivity contribution in [3.05, 3.63) is 77.4 Å². The monoisotopic (exact) mass is 324 g/mol. The summed E-state index contributed by atoms with van der Waals surface area (Å²) >= 11 is 0.